The summed E-state index contributed by atoms with van der Waals surface area (Å²) in [6, 6.07) is 13.6. The SMILES string of the molecule is C/C=C/COc1ccc2cc(C3CCC4CC(CCC)CCC4C3)ccc2c1. The van der Waals surface area contributed by atoms with Crippen molar-refractivity contribution in [2.45, 2.75) is 71.1 Å². The van der Waals surface area contributed by atoms with E-state index in [1.54, 1.807) is 5.56 Å². The van der Waals surface area contributed by atoms with Gasteiger partial charge in [-0.05, 0) is 91.2 Å². The van der Waals surface area contributed by atoms with Crippen LogP contribution in [0.1, 0.15) is 76.7 Å². The maximum atomic E-state index is 5.80. The van der Waals surface area contributed by atoms with Crippen LogP contribution in [0, 0.1) is 17.8 Å². The maximum absolute atomic E-state index is 5.80. The van der Waals surface area contributed by atoms with Crippen molar-refractivity contribution in [2.75, 3.05) is 6.61 Å². The van der Waals surface area contributed by atoms with Crippen molar-refractivity contribution in [2.24, 2.45) is 17.8 Å². The zero-order valence-electron chi connectivity index (χ0n) is 17.7. The van der Waals surface area contributed by atoms with Crippen molar-refractivity contribution >= 4 is 10.8 Å². The molecule has 2 aliphatic rings. The molecule has 1 heteroatoms. The second-order valence-corrected chi connectivity index (χ2v) is 9.15. The lowest BCUT2D eigenvalue weighted by atomic mass is 9.63. The second-order valence-electron chi connectivity index (χ2n) is 9.15. The number of hydrogen-bond acceptors (Lipinski definition) is 1. The lowest BCUT2D eigenvalue weighted by Gasteiger charge is -2.42. The summed E-state index contributed by atoms with van der Waals surface area (Å²) >= 11 is 0. The molecule has 0 spiro atoms. The van der Waals surface area contributed by atoms with Gasteiger partial charge < -0.3 is 4.74 Å². The molecule has 0 bridgehead atoms. The molecule has 4 unspecified atom stereocenters. The van der Waals surface area contributed by atoms with Gasteiger partial charge in [0.1, 0.15) is 12.4 Å². The Hall–Kier alpha value is -1.76. The molecule has 0 aromatic heterocycles. The van der Waals surface area contributed by atoms with Crippen LogP contribution < -0.4 is 4.74 Å². The molecule has 1 nitrogen and oxygen atoms in total. The smallest absolute Gasteiger partial charge is 0.120 e. The Bertz CT molecular complexity index is 805. The first-order chi connectivity index (χ1) is 13.8. The van der Waals surface area contributed by atoms with Crippen molar-refractivity contribution in [1.29, 1.82) is 0 Å². The fraction of sp³-hybridized carbons (Fsp3) is 0.556. The van der Waals surface area contributed by atoms with Gasteiger partial charge in [0.15, 0.2) is 0 Å². The number of rotatable bonds is 6. The summed E-state index contributed by atoms with van der Waals surface area (Å²) in [5, 5.41) is 2.64. The monoisotopic (exact) mass is 376 g/mol. The number of ether oxygens (including phenoxy) is 1. The highest BCUT2D eigenvalue weighted by Gasteiger charge is 2.35. The van der Waals surface area contributed by atoms with E-state index in [1.165, 1.54) is 62.1 Å². The molecule has 0 saturated heterocycles. The average Bonchev–Trinajstić information content (AvgIpc) is 2.73. The van der Waals surface area contributed by atoms with Gasteiger partial charge in [0.2, 0.25) is 0 Å². The van der Waals surface area contributed by atoms with Crippen LogP contribution in [-0.4, -0.2) is 6.61 Å². The zero-order valence-corrected chi connectivity index (χ0v) is 17.7. The number of allylic oxidation sites excluding steroid dienone is 1. The van der Waals surface area contributed by atoms with Crippen LogP contribution in [0.2, 0.25) is 0 Å². The topological polar surface area (TPSA) is 9.23 Å². The van der Waals surface area contributed by atoms with Gasteiger partial charge in [-0.25, -0.2) is 0 Å². The highest BCUT2D eigenvalue weighted by molar-refractivity contribution is 5.84. The standard InChI is InChI=1S/C27H36O/c1-3-5-15-28-27-14-13-25-18-24(11-12-26(25)19-27)23-10-9-21-16-20(6-4-2)7-8-22(21)17-23/h3,5,11-14,18-23H,4,6-10,15-17H2,1-2H3/b5-3+. The quantitative estimate of drug-likeness (QED) is 0.466. The molecule has 4 atom stereocenters. The highest BCUT2D eigenvalue weighted by atomic mass is 16.5. The molecule has 0 N–H and O–H groups in total. The van der Waals surface area contributed by atoms with Gasteiger partial charge in [0.05, 0.1) is 0 Å². The summed E-state index contributed by atoms with van der Waals surface area (Å²) in [7, 11) is 0. The Morgan fingerprint density at radius 3 is 2.57 bits per heavy atom. The summed E-state index contributed by atoms with van der Waals surface area (Å²) in [4.78, 5) is 0. The third-order valence-corrected chi connectivity index (χ3v) is 7.31. The first-order valence-electron chi connectivity index (χ1n) is 11.5. The van der Waals surface area contributed by atoms with Gasteiger partial charge in [-0.2, -0.15) is 0 Å². The van der Waals surface area contributed by atoms with Crippen LogP contribution in [0.3, 0.4) is 0 Å². The molecule has 2 aromatic rings. The molecule has 0 radical (unpaired) electrons. The van der Waals surface area contributed by atoms with Crippen LogP contribution in [0.5, 0.6) is 5.75 Å². The van der Waals surface area contributed by atoms with E-state index in [0.717, 1.165) is 29.4 Å². The van der Waals surface area contributed by atoms with Gasteiger partial charge in [-0.15, -0.1) is 0 Å². The van der Waals surface area contributed by atoms with E-state index in [-0.39, 0.29) is 0 Å². The van der Waals surface area contributed by atoms with E-state index >= 15 is 0 Å². The van der Waals surface area contributed by atoms with Gasteiger partial charge in [0, 0.05) is 0 Å². The van der Waals surface area contributed by atoms with E-state index < -0.39 is 0 Å². The predicted octanol–water partition coefficient (Wildman–Crippen LogP) is 7.89. The summed E-state index contributed by atoms with van der Waals surface area (Å²) < 4.78 is 5.80. The predicted molar refractivity (Wildman–Crippen MR) is 120 cm³/mol. The van der Waals surface area contributed by atoms with Gasteiger partial charge >= 0.3 is 0 Å². The molecule has 2 aliphatic carbocycles. The maximum Gasteiger partial charge on any atom is 0.120 e. The molecule has 150 valence electrons. The number of hydrogen-bond donors (Lipinski definition) is 0. The molecule has 2 aromatic carbocycles. The molecule has 4 rings (SSSR count). The number of benzene rings is 2. The van der Waals surface area contributed by atoms with Gasteiger partial charge in [0.25, 0.3) is 0 Å². The van der Waals surface area contributed by atoms with E-state index in [4.69, 9.17) is 4.74 Å². The minimum absolute atomic E-state index is 0.643. The molecule has 28 heavy (non-hydrogen) atoms. The Morgan fingerprint density at radius 2 is 1.71 bits per heavy atom. The van der Waals surface area contributed by atoms with Crippen molar-refractivity contribution in [3.05, 3.63) is 54.1 Å². The van der Waals surface area contributed by atoms with E-state index in [9.17, 15) is 0 Å². The molecule has 0 heterocycles. The Balaban J connectivity index is 1.42. The van der Waals surface area contributed by atoms with Gasteiger partial charge in [-0.1, -0.05) is 62.6 Å². The lowest BCUT2D eigenvalue weighted by molar-refractivity contribution is 0.114. The highest BCUT2D eigenvalue weighted by Crippen LogP contribution is 2.48. The molecule has 0 amide bonds. The Kier molecular flexibility index (Phi) is 6.40. The van der Waals surface area contributed by atoms with Crippen LogP contribution >= 0.6 is 0 Å². The first-order valence-corrected chi connectivity index (χ1v) is 11.5. The largest absolute Gasteiger partial charge is 0.490 e. The van der Waals surface area contributed by atoms with Crippen LogP contribution in [0.15, 0.2) is 48.6 Å². The van der Waals surface area contributed by atoms with Crippen molar-refractivity contribution < 1.29 is 4.74 Å². The zero-order chi connectivity index (χ0) is 19.3. The fourth-order valence-electron chi connectivity index (χ4n) is 5.79. The van der Waals surface area contributed by atoms with E-state index in [0.29, 0.717) is 6.61 Å². The molecular weight excluding hydrogens is 340 g/mol. The lowest BCUT2D eigenvalue weighted by Crippen LogP contribution is -2.30. The first kappa shape index (κ1) is 19.6. The average molecular weight is 377 g/mol. The fourth-order valence-corrected chi connectivity index (χ4v) is 5.79. The van der Waals surface area contributed by atoms with Crippen molar-refractivity contribution in [1.82, 2.24) is 0 Å². The Morgan fingerprint density at radius 1 is 0.929 bits per heavy atom. The van der Waals surface area contributed by atoms with Gasteiger partial charge in [-0.3, -0.25) is 0 Å². The molecular formula is C27H36O. The van der Waals surface area contributed by atoms with Crippen LogP contribution in [0.4, 0.5) is 0 Å². The van der Waals surface area contributed by atoms with E-state index in [1.807, 2.05) is 19.1 Å². The third kappa shape index (κ3) is 4.45. The minimum atomic E-state index is 0.643. The summed E-state index contributed by atoms with van der Waals surface area (Å²) in [5.41, 5.74) is 1.56. The summed E-state index contributed by atoms with van der Waals surface area (Å²) in [5.74, 6) is 4.73. The van der Waals surface area contributed by atoms with E-state index in [2.05, 4.69) is 43.3 Å². The van der Waals surface area contributed by atoms with Crippen molar-refractivity contribution in [3.63, 3.8) is 0 Å². The molecule has 2 saturated carbocycles. The Labute approximate surface area is 171 Å². The molecule has 0 aliphatic heterocycles. The van der Waals surface area contributed by atoms with Crippen LogP contribution in [-0.2, 0) is 0 Å². The number of fused-ring (bicyclic) bond motifs is 2. The normalized spacial score (nSPS) is 27.8. The second kappa shape index (κ2) is 9.16. The summed E-state index contributed by atoms with van der Waals surface area (Å²) in [6.07, 6.45) is 15.6. The minimum Gasteiger partial charge on any atom is -0.490 e. The van der Waals surface area contributed by atoms with Crippen molar-refractivity contribution in [3.8, 4) is 5.75 Å². The van der Waals surface area contributed by atoms with Crippen LogP contribution in [0.25, 0.3) is 10.8 Å². The summed E-state index contributed by atoms with van der Waals surface area (Å²) in [6.45, 7) is 5.01. The third-order valence-electron chi connectivity index (χ3n) is 7.31. The molecule has 2 fully saturated rings.